The zero-order valence-electron chi connectivity index (χ0n) is 8.62. The number of carbonyl (C=O) groups is 1. The van der Waals surface area contributed by atoms with Crippen molar-refractivity contribution in [3.05, 3.63) is 12.2 Å². The van der Waals surface area contributed by atoms with E-state index in [4.69, 9.17) is 14.2 Å². The first kappa shape index (κ1) is 11.2. The molecule has 14 heavy (non-hydrogen) atoms. The zero-order valence-corrected chi connectivity index (χ0v) is 8.62. The monoisotopic (exact) mass is 200 g/mol. The van der Waals surface area contributed by atoms with Gasteiger partial charge < -0.3 is 14.2 Å². The van der Waals surface area contributed by atoms with Gasteiger partial charge in [0.05, 0.1) is 19.3 Å². The van der Waals surface area contributed by atoms with Gasteiger partial charge in [0, 0.05) is 11.5 Å². The van der Waals surface area contributed by atoms with Crippen LogP contribution in [0.15, 0.2) is 12.2 Å². The maximum absolute atomic E-state index is 10.9. The fourth-order valence-corrected chi connectivity index (χ4v) is 1.02. The molecule has 4 nitrogen and oxygen atoms in total. The summed E-state index contributed by atoms with van der Waals surface area (Å²) >= 11 is 0. The Morgan fingerprint density at radius 1 is 1.64 bits per heavy atom. The van der Waals surface area contributed by atoms with Crippen LogP contribution in [0.1, 0.15) is 13.8 Å². The van der Waals surface area contributed by atoms with E-state index in [1.165, 1.54) is 0 Å². The summed E-state index contributed by atoms with van der Waals surface area (Å²) in [7, 11) is 0. The molecular formula is C10H16O4. The fourth-order valence-electron chi connectivity index (χ4n) is 1.02. The van der Waals surface area contributed by atoms with Crippen molar-refractivity contribution in [2.75, 3.05) is 20.0 Å². The molecule has 1 rings (SSSR count). The summed E-state index contributed by atoms with van der Waals surface area (Å²) in [4.78, 5) is 10.9. The van der Waals surface area contributed by atoms with E-state index in [0.29, 0.717) is 18.1 Å². The Bertz CT molecular complexity index is 224. The Kier molecular flexibility index (Phi) is 4.10. The minimum absolute atomic E-state index is 0.0295. The third-order valence-electron chi connectivity index (χ3n) is 2.11. The van der Waals surface area contributed by atoms with Gasteiger partial charge in [0.15, 0.2) is 6.79 Å². The summed E-state index contributed by atoms with van der Waals surface area (Å²) in [5, 5.41) is 0. The summed E-state index contributed by atoms with van der Waals surface area (Å²) in [5.74, 6) is 0.111. The minimum atomic E-state index is -0.424. The third-order valence-corrected chi connectivity index (χ3v) is 2.11. The lowest BCUT2D eigenvalue weighted by atomic mass is 10.0. The van der Waals surface area contributed by atoms with Crippen LogP contribution in [-0.4, -0.2) is 32.1 Å². The third kappa shape index (κ3) is 3.12. The van der Waals surface area contributed by atoms with Crippen molar-refractivity contribution in [3.8, 4) is 0 Å². The van der Waals surface area contributed by atoms with Crippen LogP contribution in [0.5, 0.6) is 0 Å². The van der Waals surface area contributed by atoms with E-state index >= 15 is 0 Å². The highest BCUT2D eigenvalue weighted by atomic mass is 16.7. The van der Waals surface area contributed by atoms with Gasteiger partial charge in [0.2, 0.25) is 0 Å². The highest BCUT2D eigenvalue weighted by Crippen LogP contribution is 2.19. The molecule has 0 aromatic rings. The second-order valence-corrected chi connectivity index (χ2v) is 3.55. The first-order chi connectivity index (χ1) is 6.61. The van der Waals surface area contributed by atoms with Gasteiger partial charge in [-0.2, -0.15) is 0 Å². The Morgan fingerprint density at radius 3 is 2.79 bits per heavy atom. The fraction of sp³-hybridized carbons (Fsp3) is 0.700. The van der Waals surface area contributed by atoms with Gasteiger partial charge in [-0.25, -0.2) is 4.79 Å². The van der Waals surface area contributed by atoms with E-state index in [0.717, 1.165) is 6.61 Å². The van der Waals surface area contributed by atoms with Crippen LogP contribution in [-0.2, 0) is 19.0 Å². The maximum Gasteiger partial charge on any atom is 0.335 e. The lowest BCUT2D eigenvalue weighted by Crippen LogP contribution is -2.41. The molecule has 0 spiro atoms. The number of ether oxygens (including phenoxy) is 3. The van der Waals surface area contributed by atoms with Crippen LogP contribution >= 0.6 is 0 Å². The van der Waals surface area contributed by atoms with Gasteiger partial charge in [-0.3, -0.25) is 0 Å². The van der Waals surface area contributed by atoms with Crippen LogP contribution in [0.2, 0.25) is 0 Å². The smallest absolute Gasteiger partial charge is 0.335 e. The molecule has 0 amide bonds. The van der Waals surface area contributed by atoms with Crippen LogP contribution in [0.3, 0.4) is 0 Å². The molecule has 1 saturated heterocycles. The Hall–Kier alpha value is -0.870. The van der Waals surface area contributed by atoms with E-state index in [1.807, 2.05) is 0 Å². The van der Waals surface area contributed by atoms with Crippen LogP contribution in [0, 0.1) is 5.92 Å². The average molecular weight is 200 g/mol. The van der Waals surface area contributed by atoms with Gasteiger partial charge >= 0.3 is 5.97 Å². The lowest BCUT2D eigenvalue weighted by molar-refractivity contribution is -0.172. The van der Waals surface area contributed by atoms with Gasteiger partial charge in [-0.05, 0) is 6.92 Å². The minimum Gasteiger partial charge on any atom is -0.435 e. The predicted octanol–water partition coefficient (Wildman–Crippen LogP) is 1.11. The Morgan fingerprint density at radius 2 is 2.36 bits per heavy atom. The summed E-state index contributed by atoms with van der Waals surface area (Å²) in [6.45, 7) is 8.38. The molecule has 1 heterocycles. The Labute approximate surface area is 83.8 Å². The van der Waals surface area contributed by atoms with Crippen LogP contribution < -0.4 is 0 Å². The average Bonchev–Trinajstić information content (AvgIpc) is 2.14. The van der Waals surface area contributed by atoms with E-state index in [2.05, 4.69) is 13.5 Å². The Balaban J connectivity index is 1.99. The van der Waals surface area contributed by atoms with Crippen molar-refractivity contribution in [1.82, 2.24) is 0 Å². The zero-order chi connectivity index (χ0) is 10.6. The molecule has 0 aromatic heterocycles. The van der Waals surface area contributed by atoms with Gasteiger partial charge in [0.1, 0.15) is 0 Å². The standard InChI is InChI=1S/C10H16O4/c1-7(2)10(11)14-6-12-5-9-8(3)4-13-9/h8-9H,1,4-6H2,2-3H3. The molecule has 0 saturated carbocycles. The molecule has 4 heteroatoms. The molecule has 2 unspecified atom stereocenters. The highest BCUT2D eigenvalue weighted by molar-refractivity contribution is 5.86. The van der Waals surface area contributed by atoms with E-state index in [-0.39, 0.29) is 12.9 Å². The molecular weight excluding hydrogens is 184 g/mol. The number of esters is 1. The maximum atomic E-state index is 10.9. The molecule has 1 aliphatic heterocycles. The number of rotatable bonds is 5. The van der Waals surface area contributed by atoms with E-state index in [1.54, 1.807) is 6.92 Å². The molecule has 0 bridgehead atoms. The molecule has 1 fully saturated rings. The highest BCUT2D eigenvalue weighted by Gasteiger charge is 2.27. The second-order valence-electron chi connectivity index (χ2n) is 3.55. The van der Waals surface area contributed by atoms with Crippen LogP contribution in [0.25, 0.3) is 0 Å². The number of hydrogen-bond donors (Lipinski definition) is 0. The summed E-state index contributed by atoms with van der Waals surface area (Å²) < 4.78 is 15.1. The normalized spacial score (nSPS) is 25.3. The topological polar surface area (TPSA) is 44.8 Å². The molecule has 1 aliphatic rings. The molecule has 0 aliphatic carbocycles. The predicted molar refractivity (Wildman–Crippen MR) is 50.6 cm³/mol. The molecule has 0 N–H and O–H groups in total. The molecule has 0 aromatic carbocycles. The lowest BCUT2D eigenvalue weighted by Gasteiger charge is -2.33. The molecule has 2 atom stereocenters. The van der Waals surface area contributed by atoms with E-state index < -0.39 is 5.97 Å². The SMILES string of the molecule is C=C(C)C(=O)OCOCC1OCC1C. The van der Waals surface area contributed by atoms with Gasteiger partial charge in [0.25, 0.3) is 0 Å². The number of hydrogen-bond acceptors (Lipinski definition) is 4. The largest absolute Gasteiger partial charge is 0.435 e. The quantitative estimate of drug-likeness (QED) is 0.289. The molecule has 80 valence electrons. The summed E-state index contributed by atoms with van der Waals surface area (Å²) in [6.07, 6.45) is 0.151. The van der Waals surface area contributed by atoms with E-state index in [9.17, 15) is 4.79 Å². The van der Waals surface area contributed by atoms with Crippen molar-refractivity contribution >= 4 is 5.97 Å². The number of carbonyl (C=O) groups excluding carboxylic acids is 1. The summed E-state index contributed by atoms with van der Waals surface area (Å²) in [5.41, 5.74) is 0.377. The van der Waals surface area contributed by atoms with Crippen molar-refractivity contribution in [3.63, 3.8) is 0 Å². The summed E-state index contributed by atoms with van der Waals surface area (Å²) in [6, 6.07) is 0. The first-order valence-electron chi connectivity index (χ1n) is 4.63. The molecule has 0 radical (unpaired) electrons. The second kappa shape index (κ2) is 5.12. The van der Waals surface area contributed by atoms with Gasteiger partial charge in [-0.1, -0.05) is 13.5 Å². The van der Waals surface area contributed by atoms with Crippen molar-refractivity contribution in [1.29, 1.82) is 0 Å². The van der Waals surface area contributed by atoms with Crippen molar-refractivity contribution in [2.24, 2.45) is 5.92 Å². The van der Waals surface area contributed by atoms with Gasteiger partial charge in [-0.15, -0.1) is 0 Å². The van der Waals surface area contributed by atoms with Crippen LogP contribution in [0.4, 0.5) is 0 Å². The van der Waals surface area contributed by atoms with Crippen molar-refractivity contribution in [2.45, 2.75) is 20.0 Å². The first-order valence-corrected chi connectivity index (χ1v) is 4.63. The van der Waals surface area contributed by atoms with Crippen molar-refractivity contribution < 1.29 is 19.0 Å².